The highest BCUT2D eigenvalue weighted by molar-refractivity contribution is 8.00. The van der Waals surface area contributed by atoms with Gasteiger partial charge in [-0.05, 0) is 31.9 Å². The topological polar surface area (TPSA) is 66.4 Å². The fourth-order valence-electron chi connectivity index (χ4n) is 2.97. The van der Waals surface area contributed by atoms with Crippen LogP contribution in [0.15, 0.2) is 0 Å². The third-order valence-electron chi connectivity index (χ3n) is 4.45. The summed E-state index contributed by atoms with van der Waals surface area (Å²) in [4.78, 5) is 23.1. The van der Waals surface area contributed by atoms with Crippen molar-refractivity contribution in [3.05, 3.63) is 0 Å². The largest absolute Gasteiger partial charge is 0.481 e. The molecule has 1 amide bonds. The van der Waals surface area contributed by atoms with Gasteiger partial charge in [-0.2, -0.15) is 11.8 Å². The Bertz CT molecular complexity index is 336. The zero-order chi connectivity index (χ0) is 13.2. The first kappa shape index (κ1) is 13.7. The van der Waals surface area contributed by atoms with E-state index >= 15 is 0 Å². The van der Waals surface area contributed by atoms with Crippen molar-refractivity contribution < 1.29 is 14.7 Å². The van der Waals surface area contributed by atoms with Crippen LogP contribution >= 0.6 is 11.8 Å². The minimum atomic E-state index is -0.823. The van der Waals surface area contributed by atoms with Crippen LogP contribution in [0.3, 0.4) is 0 Å². The zero-order valence-corrected chi connectivity index (χ0v) is 11.6. The molecule has 0 aromatic carbocycles. The van der Waals surface area contributed by atoms with Crippen LogP contribution in [-0.2, 0) is 9.59 Å². The lowest BCUT2D eigenvalue weighted by Crippen LogP contribution is -2.47. The molecule has 102 valence electrons. The zero-order valence-electron chi connectivity index (χ0n) is 10.8. The standard InChI is InChI=1S/C13H21NO3S/c1-18-13(6-3-7-13)8-14-11(15)9-4-2-5-10(9)12(16)17/h9-10H,2-8H2,1H3,(H,14,15)(H,16,17)/t9-,10+/m1/s1. The molecule has 2 aliphatic carbocycles. The molecule has 0 radical (unpaired) electrons. The quantitative estimate of drug-likeness (QED) is 0.801. The molecule has 0 unspecified atom stereocenters. The van der Waals surface area contributed by atoms with Crippen LogP contribution in [0.2, 0.25) is 0 Å². The van der Waals surface area contributed by atoms with Crippen molar-refractivity contribution in [3.63, 3.8) is 0 Å². The van der Waals surface area contributed by atoms with Crippen LogP contribution in [0.1, 0.15) is 38.5 Å². The van der Waals surface area contributed by atoms with E-state index < -0.39 is 11.9 Å². The molecule has 0 saturated heterocycles. The fourth-order valence-corrected chi connectivity index (χ4v) is 3.89. The van der Waals surface area contributed by atoms with Crippen LogP contribution in [0, 0.1) is 11.8 Å². The Morgan fingerprint density at radius 1 is 1.28 bits per heavy atom. The molecule has 0 aromatic rings. The van der Waals surface area contributed by atoms with Gasteiger partial charge in [-0.25, -0.2) is 0 Å². The second-order valence-electron chi connectivity index (χ2n) is 5.44. The van der Waals surface area contributed by atoms with Crippen molar-refractivity contribution >= 4 is 23.6 Å². The maximum absolute atomic E-state index is 12.1. The molecule has 0 aliphatic heterocycles. The number of hydrogen-bond donors (Lipinski definition) is 2. The number of aliphatic carboxylic acids is 1. The van der Waals surface area contributed by atoms with E-state index in [0.717, 1.165) is 25.7 Å². The van der Waals surface area contributed by atoms with E-state index in [-0.39, 0.29) is 16.6 Å². The SMILES string of the molecule is CSC1(CNC(=O)[C@@H]2CCC[C@@H]2C(=O)O)CCC1. The third kappa shape index (κ3) is 2.66. The highest BCUT2D eigenvalue weighted by atomic mass is 32.2. The van der Waals surface area contributed by atoms with Gasteiger partial charge in [-0.3, -0.25) is 9.59 Å². The highest BCUT2D eigenvalue weighted by Gasteiger charge is 2.40. The molecule has 0 aromatic heterocycles. The molecule has 2 N–H and O–H groups in total. The van der Waals surface area contributed by atoms with Gasteiger partial charge in [0.25, 0.3) is 0 Å². The van der Waals surface area contributed by atoms with Gasteiger partial charge in [0.15, 0.2) is 0 Å². The Labute approximate surface area is 112 Å². The summed E-state index contributed by atoms with van der Waals surface area (Å²) in [5, 5.41) is 12.1. The monoisotopic (exact) mass is 271 g/mol. The lowest BCUT2D eigenvalue weighted by Gasteiger charge is -2.40. The first-order valence-electron chi connectivity index (χ1n) is 6.64. The fraction of sp³-hybridized carbons (Fsp3) is 0.846. The predicted octanol–water partition coefficient (Wildman–Crippen LogP) is 1.89. The van der Waals surface area contributed by atoms with Gasteiger partial charge in [0.1, 0.15) is 0 Å². The molecule has 4 nitrogen and oxygen atoms in total. The van der Waals surface area contributed by atoms with Gasteiger partial charge in [0.2, 0.25) is 5.91 Å². The Morgan fingerprint density at radius 2 is 1.94 bits per heavy atom. The Hall–Kier alpha value is -0.710. The lowest BCUT2D eigenvalue weighted by molar-refractivity contribution is -0.146. The molecular weight excluding hydrogens is 250 g/mol. The molecule has 2 atom stereocenters. The van der Waals surface area contributed by atoms with Gasteiger partial charge in [0.05, 0.1) is 11.8 Å². The van der Waals surface area contributed by atoms with E-state index in [1.807, 2.05) is 11.8 Å². The van der Waals surface area contributed by atoms with Crippen molar-refractivity contribution in [2.45, 2.75) is 43.3 Å². The summed E-state index contributed by atoms with van der Waals surface area (Å²) >= 11 is 1.82. The summed E-state index contributed by atoms with van der Waals surface area (Å²) in [7, 11) is 0. The number of thioether (sulfide) groups is 1. The van der Waals surface area contributed by atoms with Gasteiger partial charge in [-0.15, -0.1) is 0 Å². The minimum absolute atomic E-state index is 0.0553. The smallest absolute Gasteiger partial charge is 0.307 e. The van der Waals surface area contributed by atoms with Crippen molar-refractivity contribution in [3.8, 4) is 0 Å². The molecular formula is C13H21NO3S. The molecule has 18 heavy (non-hydrogen) atoms. The normalized spacial score (nSPS) is 29.6. The van der Waals surface area contributed by atoms with Gasteiger partial charge < -0.3 is 10.4 Å². The van der Waals surface area contributed by atoms with E-state index in [1.165, 1.54) is 6.42 Å². The van der Waals surface area contributed by atoms with Gasteiger partial charge in [-0.1, -0.05) is 12.8 Å². The van der Waals surface area contributed by atoms with Crippen molar-refractivity contribution in [1.29, 1.82) is 0 Å². The molecule has 2 saturated carbocycles. The van der Waals surface area contributed by atoms with Crippen LogP contribution < -0.4 is 5.32 Å². The molecule has 0 bridgehead atoms. The first-order chi connectivity index (χ1) is 8.58. The van der Waals surface area contributed by atoms with Crippen LogP contribution in [0.5, 0.6) is 0 Å². The van der Waals surface area contributed by atoms with E-state index in [4.69, 9.17) is 5.11 Å². The average molecular weight is 271 g/mol. The Kier molecular flexibility index (Phi) is 4.20. The van der Waals surface area contributed by atoms with Gasteiger partial charge >= 0.3 is 5.97 Å². The van der Waals surface area contributed by atoms with Crippen molar-refractivity contribution in [2.75, 3.05) is 12.8 Å². The number of carbonyl (C=O) groups is 2. The van der Waals surface area contributed by atoms with Crippen LogP contribution in [0.4, 0.5) is 0 Å². The predicted molar refractivity (Wildman–Crippen MR) is 71.6 cm³/mol. The minimum Gasteiger partial charge on any atom is -0.481 e. The summed E-state index contributed by atoms with van der Waals surface area (Å²) in [5.74, 6) is -1.67. The number of nitrogens with one attached hydrogen (secondary N) is 1. The van der Waals surface area contributed by atoms with Crippen molar-refractivity contribution in [1.82, 2.24) is 5.32 Å². The number of hydrogen-bond acceptors (Lipinski definition) is 3. The maximum atomic E-state index is 12.1. The summed E-state index contributed by atoms with van der Waals surface area (Å²) in [6.07, 6.45) is 7.83. The number of rotatable bonds is 5. The van der Waals surface area contributed by atoms with Gasteiger partial charge in [0, 0.05) is 11.3 Å². The molecule has 5 heteroatoms. The second kappa shape index (κ2) is 5.51. The Balaban J connectivity index is 1.86. The summed E-state index contributed by atoms with van der Waals surface area (Å²) in [6.45, 7) is 0.690. The van der Waals surface area contributed by atoms with Crippen LogP contribution in [-0.4, -0.2) is 34.5 Å². The Morgan fingerprint density at radius 3 is 2.44 bits per heavy atom. The second-order valence-corrected chi connectivity index (χ2v) is 6.71. The van der Waals surface area contributed by atoms with E-state index in [1.54, 1.807) is 0 Å². The maximum Gasteiger partial charge on any atom is 0.307 e. The summed E-state index contributed by atoms with van der Waals surface area (Å²) < 4.78 is 0.215. The number of amides is 1. The molecule has 2 aliphatic rings. The summed E-state index contributed by atoms with van der Waals surface area (Å²) in [6, 6.07) is 0. The average Bonchev–Trinajstić information content (AvgIpc) is 2.76. The molecule has 2 fully saturated rings. The van der Waals surface area contributed by atoms with E-state index in [2.05, 4.69) is 11.6 Å². The number of carboxylic acids is 1. The third-order valence-corrected chi connectivity index (χ3v) is 5.87. The molecule has 0 heterocycles. The molecule has 0 spiro atoms. The molecule has 2 rings (SSSR count). The number of carboxylic acid groups (broad SMARTS) is 1. The lowest BCUT2D eigenvalue weighted by atomic mass is 9.84. The van der Waals surface area contributed by atoms with Crippen LogP contribution in [0.25, 0.3) is 0 Å². The van der Waals surface area contributed by atoms with E-state index in [9.17, 15) is 9.59 Å². The summed E-state index contributed by atoms with van der Waals surface area (Å²) in [5.41, 5.74) is 0. The number of carbonyl (C=O) groups excluding carboxylic acids is 1. The van der Waals surface area contributed by atoms with Crippen molar-refractivity contribution in [2.24, 2.45) is 11.8 Å². The highest BCUT2D eigenvalue weighted by Crippen LogP contribution is 2.42. The van der Waals surface area contributed by atoms with E-state index in [0.29, 0.717) is 13.0 Å². The first-order valence-corrected chi connectivity index (χ1v) is 7.86.